The second-order valence-corrected chi connectivity index (χ2v) is 8.19. The molecule has 0 saturated carbocycles. The smallest absolute Gasteiger partial charge is 0.244 e. The van der Waals surface area contributed by atoms with Crippen LogP contribution in [0.5, 0.6) is 0 Å². The zero-order chi connectivity index (χ0) is 14.5. The summed E-state index contributed by atoms with van der Waals surface area (Å²) in [7, 11) is -1.73. The Balaban J connectivity index is 2.96. The molecule has 0 spiro atoms. The van der Waals surface area contributed by atoms with E-state index < -0.39 is 10.0 Å². The lowest BCUT2D eigenvalue weighted by molar-refractivity contribution is 0.414. The largest absolute Gasteiger partial charge is 0.312 e. The van der Waals surface area contributed by atoms with Gasteiger partial charge in [0.25, 0.3) is 0 Å². The quantitative estimate of drug-likeness (QED) is 0.797. The molecule has 19 heavy (non-hydrogen) atoms. The molecule has 0 saturated heterocycles. The van der Waals surface area contributed by atoms with Crippen LogP contribution >= 0.6 is 23.1 Å². The number of thioether (sulfide) groups is 1. The average Bonchev–Trinajstić information content (AvgIpc) is 2.84. The highest BCUT2D eigenvalue weighted by Crippen LogP contribution is 2.26. The van der Waals surface area contributed by atoms with Gasteiger partial charge in [-0.3, -0.25) is 0 Å². The Labute approximate surface area is 124 Å². The number of hydrogen-bond donors (Lipinski definition) is 1. The Morgan fingerprint density at radius 2 is 2.21 bits per heavy atom. The van der Waals surface area contributed by atoms with E-state index in [4.69, 9.17) is 0 Å². The van der Waals surface area contributed by atoms with Crippen LogP contribution < -0.4 is 5.32 Å². The molecule has 0 aliphatic rings. The lowest BCUT2D eigenvalue weighted by atomic mass is 10.4. The number of nitrogens with one attached hydrogen (secondary N) is 1. The number of sulfonamides is 1. The van der Waals surface area contributed by atoms with Gasteiger partial charge in [0, 0.05) is 30.3 Å². The van der Waals surface area contributed by atoms with Crippen LogP contribution in [0.15, 0.2) is 16.3 Å². The molecule has 1 unspecified atom stereocenters. The van der Waals surface area contributed by atoms with Crippen molar-refractivity contribution in [1.82, 2.24) is 9.62 Å². The molecule has 1 aromatic heterocycles. The van der Waals surface area contributed by atoms with Gasteiger partial charge in [0.15, 0.2) is 0 Å². The Hall–Kier alpha value is -0.0800. The van der Waals surface area contributed by atoms with E-state index >= 15 is 0 Å². The van der Waals surface area contributed by atoms with Gasteiger partial charge in [0.1, 0.15) is 0 Å². The predicted molar refractivity (Wildman–Crippen MR) is 84.5 cm³/mol. The van der Waals surface area contributed by atoms with Gasteiger partial charge in [-0.1, -0.05) is 6.92 Å². The third-order valence-electron chi connectivity index (χ3n) is 2.93. The van der Waals surface area contributed by atoms with Crippen molar-refractivity contribution < 1.29 is 8.42 Å². The summed E-state index contributed by atoms with van der Waals surface area (Å²) in [6.45, 7) is 5.38. The fourth-order valence-electron chi connectivity index (χ4n) is 1.66. The first-order valence-electron chi connectivity index (χ1n) is 6.19. The molecule has 7 heteroatoms. The molecule has 0 aromatic carbocycles. The fraction of sp³-hybridized carbons (Fsp3) is 0.667. The van der Waals surface area contributed by atoms with Crippen LogP contribution in [0, 0.1) is 0 Å². The highest BCUT2D eigenvalue weighted by molar-refractivity contribution is 7.98. The van der Waals surface area contributed by atoms with Gasteiger partial charge >= 0.3 is 0 Å². The molecule has 0 aliphatic heterocycles. The molecule has 0 aliphatic carbocycles. The molecule has 0 fully saturated rings. The summed E-state index contributed by atoms with van der Waals surface area (Å²) in [4.78, 5) is 1.32. The molecular formula is C12H22N2O2S3. The van der Waals surface area contributed by atoms with E-state index in [1.54, 1.807) is 24.9 Å². The third kappa shape index (κ3) is 4.19. The van der Waals surface area contributed by atoms with Crippen LogP contribution in [0.4, 0.5) is 0 Å². The number of nitrogens with zero attached hydrogens (tertiary/aromatic N) is 1. The lowest BCUT2D eigenvalue weighted by Crippen LogP contribution is -2.36. The Morgan fingerprint density at radius 3 is 2.79 bits per heavy atom. The van der Waals surface area contributed by atoms with Crippen molar-refractivity contribution in [1.29, 1.82) is 0 Å². The molecule has 0 radical (unpaired) electrons. The normalized spacial score (nSPS) is 13.9. The minimum absolute atomic E-state index is 0.00751. The second kappa shape index (κ2) is 7.64. The maximum atomic E-state index is 12.6. The number of thiophene rings is 1. The van der Waals surface area contributed by atoms with E-state index in [1.807, 2.05) is 25.5 Å². The second-order valence-electron chi connectivity index (χ2n) is 4.31. The van der Waals surface area contributed by atoms with Gasteiger partial charge in [-0.05, 0) is 31.2 Å². The Kier molecular flexibility index (Phi) is 6.82. The molecular weight excluding hydrogens is 300 g/mol. The van der Waals surface area contributed by atoms with Crippen molar-refractivity contribution in [3.05, 3.63) is 16.3 Å². The van der Waals surface area contributed by atoms with E-state index in [0.29, 0.717) is 11.4 Å². The maximum absolute atomic E-state index is 12.6. The molecule has 4 nitrogen and oxygen atoms in total. The van der Waals surface area contributed by atoms with Crippen molar-refractivity contribution in [2.24, 2.45) is 0 Å². The van der Waals surface area contributed by atoms with Crippen LogP contribution in [-0.2, 0) is 16.6 Å². The van der Waals surface area contributed by atoms with E-state index in [9.17, 15) is 8.42 Å². The van der Waals surface area contributed by atoms with Crippen molar-refractivity contribution in [3.63, 3.8) is 0 Å². The van der Waals surface area contributed by atoms with Crippen LogP contribution in [0.1, 0.15) is 18.7 Å². The summed E-state index contributed by atoms with van der Waals surface area (Å²) >= 11 is 3.14. The van der Waals surface area contributed by atoms with Gasteiger partial charge < -0.3 is 5.32 Å². The molecule has 1 rings (SSSR count). The summed E-state index contributed by atoms with van der Waals surface area (Å²) in [5, 5.41) is 5.02. The minimum atomic E-state index is -3.39. The average molecular weight is 323 g/mol. The van der Waals surface area contributed by atoms with Gasteiger partial charge in [-0.25, -0.2) is 8.42 Å². The highest BCUT2D eigenvalue weighted by Gasteiger charge is 2.27. The summed E-state index contributed by atoms with van der Waals surface area (Å²) < 4.78 is 26.7. The first kappa shape index (κ1) is 17.0. The number of rotatable bonds is 8. The molecule has 1 N–H and O–H groups in total. The van der Waals surface area contributed by atoms with Crippen LogP contribution in [0.2, 0.25) is 0 Å². The molecule has 1 atom stereocenters. The van der Waals surface area contributed by atoms with Crippen molar-refractivity contribution in [3.8, 4) is 0 Å². The summed E-state index contributed by atoms with van der Waals surface area (Å²) in [6, 6.07) is 1.70. The Morgan fingerprint density at radius 1 is 1.53 bits per heavy atom. The fourth-order valence-corrected chi connectivity index (χ4v) is 5.21. The summed E-state index contributed by atoms with van der Waals surface area (Å²) in [5.41, 5.74) is 0. The van der Waals surface area contributed by atoms with Gasteiger partial charge in [0.2, 0.25) is 10.0 Å². The van der Waals surface area contributed by atoms with E-state index in [2.05, 4.69) is 5.32 Å². The first-order chi connectivity index (χ1) is 8.95. The number of hydrogen-bond acceptors (Lipinski definition) is 5. The van der Waals surface area contributed by atoms with Crippen molar-refractivity contribution >= 4 is 33.1 Å². The monoisotopic (exact) mass is 322 g/mol. The predicted octanol–water partition coefficient (Wildman–Crippen LogP) is 2.23. The summed E-state index contributed by atoms with van der Waals surface area (Å²) in [6.07, 6.45) is 1.98. The molecule has 1 aromatic rings. The molecule has 1 heterocycles. The zero-order valence-corrected chi connectivity index (χ0v) is 14.3. The van der Waals surface area contributed by atoms with Gasteiger partial charge in [-0.2, -0.15) is 16.1 Å². The van der Waals surface area contributed by atoms with Crippen LogP contribution in [-0.4, -0.2) is 44.4 Å². The van der Waals surface area contributed by atoms with Crippen molar-refractivity contribution in [2.45, 2.75) is 31.3 Å². The minimum Gasteiger partial charge on any atom is -0.312 e. The van der Waals surface area contributed by atoms with Crippen LogP contribution in [0.3, 0.4) is 0 Å². The maximum Gasteiger partial charge on any atom is 0.244 e. The molecule has 0 amide bonds. The third-order valence-corrected chi connectivity index (χ3v) is 6.85. The van der Waals surface area contributed by atoms with Gasteiger partial charge in [-0.15, -0.1) is 11.3 Å². The molecule has 110 valence electrons. The van der Waals surface area contributed by atoms with Crippen molar-refractivity contribution in [2.75, 3.05) is 25.6 Å². The SMILES string of the molecule is CCNCc1sccc1S(=O)(=O)N(C)C(C)CSC. The standard InChI is InChI=1S/C12H22N2O2S3/c1-5-13-8-11-12(6-7-18-11)19(15,16)14(3)10(2)9-17-4/h6-7,10,13H,5,8-9H2,1-4H3. The topological polar surface area (TPSA) is 49.4 Å². The summed E-state index contributed by atoms with van der Waals surface area (Å²) in [5.74, 6) is 0.794. The zero-order valence-electron chi connectivity index (χ0n) is 11.8. The van der Waals surface area contributed by atoms with Gasteiger partial charge in [0.05, 0.1) is 4.90 Å². The lowest BCUT2D eigenvalue weighted by Gasteiger charge is -2.23. The van der Waals surface area contributed by atoms with Crippen LogP contribution in [0.25, 0.3) is 0 Å². The Bertz CT molecular complexity index is 485. The van der Waals surface area contributed by atoms with E-state index in [1.165, 1.54) is 15.6 Å². The van der Waals surface area contributed by atoms with E-state index in [0.717, 1.165) is 17.2 Å². The van der Waals surface area contributed by atoms with E-state index in [-0.39, 0.29) is 6.04 Å². The first-order valence-corrected chi connectivity index (χ1v) is 9.90. The molecule has 0 bridgehead atoms. The highest BCUT2D eigenvalue weighted by atomic mass is 32.2.